The zero-order valence-electron chi connectivity index (χ0n) is 22.2. The number of nitrogens with zero attached hydrogens (tertiary/aromatic N) is 2. The third-order valence-corrected chi connectivity index (χ3v) is 7.30. The number of rotatable bonds is 9. The van der Waals surface area contributed by atoms with E-state index in [0.29, 0.717) is 54.9 Å². The normalized spacial score (nSPS) is 14.3. The highest BCUT2D eigenvalue weighted by Crippen LogP contribution is 2.36. The Balaban J connectivity index is 1.37. The van der Waals surface area contributed by atoms with Crippen molar-refractivity contribution in [3.05, 3.63) is 118 Å². The number of hydrogen-bond acceptors (Lipinski definition) is 5. The molecule has 5 rings (SSSR count). The Morgan fingerprint density at radius 1 is 0.897 bits per heavy atom. The van der Waals surface area contributed by atoms with Crippen molar-refractivity contribution in [1.82, 2.24) is 4.90 Å². The van der Waals surface area contributed by atoms with Gasteiger partial charge in [-0.15, -0.1) is 0 Å². The number of β-amino-alcohol motifs (C(OH)–C–C–N with tert-alkyl or cyclic N) is 1. The highest BCUT2D eigenvalue weighted by molar-refractivity contribution is 6.32. The van der Waals surface area contributed by atoms with E-state index in [1.54, 1.807) is 6.07 Å². The third-order valence-electron chi connectivity index (χ3n) is 7.00. The van der Waals surface area contributed by atoms with Crippen molar-refractivity contribution >= 4 is 11.6 Å². The van der Waals surface area contributed by atoms with E-state index in [-0.39, 0.29) is 0 Å². The van der Waals surface area contributed by atoms with Crippen molar-refractivity contribution in [3.8, 4) is 28.7 Å². The minimum atomic E-state index is -0.669. The number of nitriles is 1. The number of ether oxygens (including phenoxy) is 2. The van der Waals surface area contributed by atoms with Gasteiger partial charge in [0.15, 0.2) is 0 Å². The van der Waals surface area contributed by atoms with E-state index in [2.05, 4.69) is 42.2 Å². The molecule has 1 aliphatic rings. The smallest absolute Gasteiger partial charge is 0.142 e. The Bertz CT molecular complexity index is 1500. The summed E-state index contributed by atoms with van der Waals surface area (Å²) < 4.78 is 12.5. The Morgan fingerprint density at radius 2 is 1.64 bits per heavy atom. The molecule has 0 saturated carbocycles. The molecule has 0 radical (unpaired) electrons. The minimum Gasteiger partial charge on any atom is -0.488 e. The lowest BCUT2D eigenvalue weighted by Gasteiger charge is -2.44. The van der Waals surface area contributed by atoms with Gasteiger partial charge in [-0.25, -0.2) is 0 Å². The van der Waals surface area contributed by atoms with Gasteiger partial charge in [-0.3, -0.25) is 4.90 Å². The molecule has 0 unspecified atom stereocenters. The van der Waals surface area contributed by atoms with Crippen molar-refractivity contribution in [1.29, 1.82) is 5.26 Å². The van der Waals surface area contributed by atoms with Gasteiger partial charge in [0, 0.05) is 31.3 Å². The Labute approximate surface area is 234 Å². The quantitative estimate of drug-likeness (QED) is 0.251. The first-order valence-corrected chi connectivity index (χ1v) is 13.3. The van der Waals surface area contributed by atoms with Gasteiger partial charge in [0.25, 0.3) is 0 Å². The van der Waals surface area contributed by atoms with Crippen molar-refractivity contribution in [2.75, 3.05) is 13.1 Å². The van der Waals surface area contributed by atoms with Crippen LogP contribution in [-0.2, 0) is 19.8 Å². The van der Waals surface area contributed by atoms with Crippen LogP contribution in [0.1, 0.15) is 34.7 Å². The summed E-state index contributed by atoms with van der Waals surface area (Å²) in [6.07, 6.45) is 0. The van der Waals surface area contributed by atoms with Gasteiger partial charge in [-0.2, -0.15) is 5.26 Å². The fourth-order valence-corrected chi connectivity index (χ4v) is 5.27. The number of aliphatic hydroxyl groups is 1. The molecule has 39 heavy (non-hydrogen) atoms. The van der Waals surface area contributed by atoms with E-state index in [0.717, 1.165) is 22.3 Å². The first kappa shape index (κ1) is 26.8. The molecule has 4 aromatic rings. The molecule has 5 nitrogen and oxygen atoms in total. The summed E-state index contributed by atoms with van der Waals surface area (Å²) in [6, 6.07) is 29.8. The first-order chi connectivity index (χ1) is 18.8. The molecule has 0 atom stereocenters. The van der Waals surface area contributed by atoms with Gasteiger partial charge >= 0.3 is 0 Å². The molecule has 0 amide bonds. The number of benzene rings is 4. The average molecular weight is 539 g/mol. The minimum absolute atomic E-state index is 0.305. The van der Waals surface area contributed by atoms with Crippen molar-refractivity contribution in [2.45, 2.75) is 39.2 Å². The van der Waals surface area contributed by atoms with E-state index in [1.807, 2.05) is 61.5 Å². The second kappa shape index (κ2) is 11.5. The first-order valence-electron chi connectivity index (χ1n) is 13.0. The fraction of sp³-hybridized carbons (Fsp3) is 0.242. The predicted octanol–water partition coefficient (Wildman–Crippen LogP) is 6.91. The molecule has 0 spiro atoms. The largest absolute Gasteiger partial charge is 0.488 e. The van der Waals surface area contributed by atoms with Crippen molar-refractivity contribution in [3.63, 3.8) is 0 Å². The van der Waals surface area contributed by atoms with Crippen LogP contribution in [0.5, 0.6) is 11.5 Å². The maximum atomic E-state index is 10.2. The number of likely N-dealkylation sites (tertiary alicyclic amines) is 1. The summed E-state index contributed by atoms with van der Waals surface area (Å²) in [5, 5.41) is 19.9. The zero-order chi connectivity index (χ0) is 27.4. The highest BCUT2D eigenvalue weighted by atomic mass is 35.5. The molecule has 1 fully saturated rings. The van der Waals surface area contributed by atoms with Crippen LogP contribution in [0.25, 0.3) is 11.1 Å². The Morgan fingerprint density at radius 3 is 2.38 bits per heavy atom. The van der Waals surface area contributed by atoms with Gasteiger partial charge in [-0.1, -0.05) is 72.3 Å². The van der Waals surface area contributed by atoms with Crippen LogP contribution in [0.4, 0.5) is 0 Å². The van der Waals surface area contributed by atoms with E-state index in [9.17, 15) is 10.4 Å². The molecule has 1 saturated heterocycles. The van der Waals surface area contributed by atoms with E-state index in [4.69, 9.17) is 21.1 Å². The van der Waals surface area contributed by atoms with Crippen LogP contribution in [0.2, 0.25) is 5.02 Å². The lowest BCUT2D eigenvalue weighted by atomic mass is 9.96. The van der Waals surface area contributed by atoms with Gasteiger partial charge < -0.3 is 14.6 Å². The second-order valence-corrected chi connectivity index (χ2v) is 10.8. The van der Waals surface area contributed by atoms with Crippen LogP contribution in [0, 0.1) is 18.3 Å². The summed E-state index contributed by atoms with van der Waals surface area (Å²) in [7, 11) is 0. The molecule has 1 aliphatic heterocycles. The molecule has 1 N–H and O–H groups in total. The number of halogens is 1. The standard InChI is InChI=1S/C33H31ClN2O3/c1-23-27(12-7-13-29(23)26-10-4-3-5-11-26)20-39-32-16-31(38-19-25-9-6-8-24(14-25)17-35)28(15-30(32)34)18-36-21-33(2,37)22-36/h3-16,37H,18-22H2,1-2H3. The van der Waals surface area contributed by atoms with Crippen LogP contribution < -0.4 is 9.47 Å². The summed E-state index contributed by atoms with van der Waals surface area (Å²) in [6.45, 7) is 6.39. The van der Waals surface area contributed by atoms with Gasteiger partial charge in [0.05, 0.1) is 22.3 Å². The highest BCUT2D eigenvalue weighted by Gasteiger charge is 2.36. The van der Waals surface area contributed by atoms with Gasteiger partial charge in [0.2, 0.25) is 0 Å². The summed E-state index contributed by atoms with van der Waals surface area (Å²) >= 11 is 6.71. The molecule has 0 aliphatic carbocycles. The Hall–Kier alpha value is -3.82. The maximum absolute atomic E-state index is 10.2. The molecular weight excluding hydrogens is 508 g/mol. The molecular formula is C33H31ClN2O3. The monoisotopic (exact) mass is 538 g/mol. The third kappa shape index (κ3) is 6.43. The van der Waals surface area contributed by atoms with E-state index in [1.165, 1.54) is 11.1 Å². The summed E-state index contributed by atoms with van der Waals surface area (Å²) in [5.41, 5.74) is 6.32. The molecule has 1 heterocycles. The van der Waals surface area contributed by atoms with Crippen LogP contribution >= 0.6 is 11.6 Å². The van der Waals surface area contributed by atoms with E-state index < -0.39 is 5.60 Å². The molecule has 198 valence electrons. The molecule has 0 bridgehead atoms. The lowest BCUT2D eigenvalue weighted by Crippen LogP contribution is -2.59. The van der Waals surface area contributed by atoms with Crippen LogP contribution in [0.3, 0.4) is 0 Å². The second-order valence-electron chi connectivity index (χ2n) is 10.4. The molecule has 4 aromatic carbocycles. The zero-order valence-corrected chi connectivity index (χ0v) is 22.9. The Kier molecular flexibility index (Phi) is 7.90. The van der Waals surface area contributed by atoms with Crippen LogP contribution in [0.15, 0.2) is 84.9 Å². The molecule has 0 aromatic heterocycles. The van der Waals surface area contributed by atoms with Crippen molar-refractivity contribution < 1.29 is 14.6 Å². The van der Waals surface area contributed by atoms with Gasteiger partial charge in [0.1, 0.15) is 24.7 Å². The lowest BCUT2D eigenvalue weighted by molar-refractivity contribution is -0.0873. The topological polar surface area (TPSA) is 65.7 Å². The predicted molar refractivity (Wildman–Crippen MR) is 154 cm³/mol. The molecule has 6 heteroatoms. The number of hydrogen-bond donors (Lipinski definition) is 1. The van der Waals surface area contributed by atoms with Gasteiger partial charge in [-0.05, 0) is 59.9 Å². The van der Waals surface area contributed by atoms with E-state index >= 15 is 0 Å². The average Bonchev–Trinajstić information content (AvgIpc) is 2.92. The summed E-state index contributed by atoms with van der Waals surface area (Å²) in [5.74, 6) is 1.21. The summed E-state index contributed by atoms with van der Waals surface area (Å²) in [4.78, 5) is 2.15. The van der Waals surface area contributed by atoms with Crippen LogP contribution in [-0.4, -0.2) is 28.7 Å². The van der Waals surface area contributed by atoms with Crippen molar-refractivity contribution in [2.24, 2.45) is 0 Å². The fourth-order valence-electron chi connectivity index (χ4n) is 5.03. The maximum Gasteiger partial charge on any atom is 0.142 e. The SMILES string of the molecule is Cc1c(COc2cc(OCc3cccc(C#N)c3)c(CN3CC(C)(O)C3)cc2Cl)cccc1-c1ccccc1.